The number of nitrogens with zero attached hydrogens (tertiary/aromatic N) is 5. The van der Waals surface area contributed by atoms with Crippen LogP contribution >= 0.6 is 0 Å². The van der Waals surface area contributed by atoms with Gasteiger partial charge in [-0.2, -0.15) is 5.10 Å². The maximum atomic E-state index is 13.1. The first-order chi connectivity index (χ1) is 14.6. The van der Waals surface area contributed by atoms with Gasteiger partial charge < -0.3 is 14.2 Å². The Morgan fingerprint density at radius 3 is 2.50 bits per heavy atom. The second-order valence-corrected chi connectivity index (χ2v) is 7.75. The summed E-state index contributed by atoms with van der Waals surface area (Å²) < 4.78 is 8.46. The molecule has 30 heavy (non-hydrogen) atoms. The highest BCUT2D eigenvalue weighted by Gasteiger charge is 2.25. The second-order valence-electron chi connectivity index (χ2n) is 7.75. The predicted molar refractivity (Wildman–Crippen MR) is 116 cm³/mol. The smallest absolute Gasteiger partial charge is 0.277 e. The van der Waals surface area contributed by atoms with Gasteiger partial charge in [-0.05, 0) is 25.1 Å². The molecule has 0 bridgehead atoms. The van der Waals surface area contributed by atoms with Gasteiger partial charge in [-0.1, -0.05) is 25.5 Å². The van der Waals surface area contributed by atoms with E-state index in [9.17, 15) is 9.59 Å². The van der Waals surface area contributed by atoms with E-state index < -0.39 is 0 Å². The van der Waals surface area contributed by atoms with Crippen LogP contribution in [0.3, 0.4) is 0 Å². The summed E-state index contributed by atoms with van der Waals surface area (Å²) in [4.78, 5) is 30.5. The zero-order valence-electron chi connectivity index (χ0n) is 17.7. The standard InChI is InChI=1S/C22H29N5O3/c1-3-4-9-24-10-12-25(13-11-24)21(28)17-16-20-22(29)26(14-15-30-2)18-7-5-6-8-19(18)27(20)23-17/h5-8,16H,3-4,9-15H2,1-2H3. The molecule has 1 amide bonds. The van der Waals surface area contributed by atoms with Gasteiger partial charge in [-0.15, -0.1) is 0 Å². The van der Waals surface area contributed by atoms with Gasteiger partial charge in [0, 0.05) is 45.9 Å². The summed E-state index contributed by atoms with van der Waals surface area (Å²) in [7, 11) is 1.61. The molecule has 4 rings (SSSR count). The van der Waals surface area contributed by atoms with Gasteiger partial charge in [-0.3, -0.25) is 14.5 Å². The molecule has 160 valence electrons. The van der Waals surface area contributed by atoms with Crippen molar-refractivity contribution in [1.29, 1.82) is 0 Å². The number of ether oxygens (including phenoxy) is 1. The summed E-state index contributed by atoms with van der Waals surface area (Å²) in [6, 6.07) is 9.24. The van der Waals surface area contributed by atoms with E-state index >= 15 is 0 Å². The molecule has 0 N–H and O–H groups in total. The summed E-state index contributed by atoms with van der Waals surface area (Å²) in [5.74, 6) is -0.110. The maximum absolute atomic E-state index is 13.1. The van der Waals surface area contributed by atoms with E-state index in [4.69, 9.17) is 4.74 Å². The monoisotopic (exact) mass is 411 g/mol. The summed E-state index contributed by atoms with van der Waals surface area (Å²) in [5, 5.41) is 4.53. The van der Waals surface area contributed by atoms with Crippen molar-refractivity contribution in [3.8, 4) is 0 Å². The van der Waals surface area contributed by atoms with Gasteiger partial charge in [0.15, 0.2) is 5.69 Å². The molecule has 0 radical (unpaired) electrons. The fourth-order valence-corrected chi connectivity index (χ4v) is 4.06. The molecular formula is C22H29N5O3. The van der Waals surface area contributed by atoms with Crippen LogP contribution in [0.4, 0.5) is 0 Å². The summed E-state index contributed by atoms with van der Waals surface area (Å²) in [6.45, 7) is 7.29. The van der Waals surface area contributed by atoms with Crippen molar-refractivity contribution in [1.82, 2.24) is 24.0 Å². The largest absolute Gasteiger partial charge is 0.383 e. The third kappa shape index (κ3) is 3.85. The van der Waals surface area contributed by atoms with E-state index in [1.54, 1.807) is 22.3 Å². The third-order valence-electron chi connectivity index (χ3n) is 5.80. The van der Waals surface area contributed by atoms with Crippen molar-refractivity contribution >= 4 is 22.5 Å². The van der Waals surface area contributed by atoms with Crippen molar-refractivity contribution in [3.05, 3.63) is 46.4 Å². The van der Waals surface area contributed by atoms with Crippen LogP contribution in [0.2, 0.25) is 0 Å². The number of amides is 1. The Morgan fingerprint density at radius 2 is 1.80 bits per heavy atom. The van der Waals surface area contributed by atoms with Crippen molar-refractivity contribution < 1.29 is 9.53 Å². The van der Waals surface area contributed by atoms with E-state index in [2.05, 4.69) is 16.9 Å². The lowest BCUT2D eigenvalue weighted by Gasteiger charge is -2.34. The Hall–Kier alpha value is -2.71. The van der Waals surface area contributed by atoms with E-state index in [1.165, 1.54) is 12.8 Å². The molecule has 1 aliphatic heterocycles. The van der Waals surface area contributed by atoms with Crippen LogP contribution in [0.1, 0.15) is 30.3 Å². The number of hydrogen-bond donors (Lipinski definition) is 0. The van der Waals surface area contributed by atoms with Gasteiger partial charge in [0.2, 0.25) is 0 Å². The van der Waals surface area contributed by atoms with E-state index in [-0.39, 0.29) is 11.5 Å². The average molecular weight is 412 g/mol. The minimum absolute atomic E-state index is 0.110. The molecule has 8 nitrogen and oxygen atoms in total. The van der Waals surface area contributed by atoms with Crippen LogP contribution < -0.4 is 5.56 Å². The zero-order valence-corrected chi connectivity index (χ0v) is 17.7. The van der Waals surface area contributed by atoms with Crippen LogP contribution in [0.25, 0.3) is 16.6 Å². The number of aromatic nitrogens is 3. The predicted octanol–water partition coefficient (Wildman–Crippen LogP) is 1.85. The molecule has 0 unspecified atom stereocenters. The molecule has 0 aliphatic carbocycles. The number of benzene rings is 1. The SMILES string of the molecule is CCCCN1CCN(C(=O)c2cc3c(=O)n(CCOC)c4ccccc4n3n2)CC1. The van der Waals surface area contributed by atoms with E-state index in [1.807, 2.05) is 29.2 Å². The van der Waals surface area contributed by atoms with Crippen LogP contribution in [0, 0.1) is 0 Å². The zero-order chi connectivity index (χ0) is 21.1. The molecule has 2 aromatic heterocycles. The van der Waals surface area contributed by atoms with Crippen molar-refractivity contribution in [2.45, 2.75) is 26.3 Å². The number of methoxy groups -OCH3 is 1. The number of hydrogen-bond acceptors (Lipinski definition) is 5. The molecule has 3 heterocycles. The molecule has 1 aliphatic rings. The van der Waals surface area contributed by atoms with Crippen molar-refractivity contribution in [2.24, 2.45) is 0 Å². The summed E-state index contributed by atoms with van der Waals surface area (Å²) >= 11 is 0. The number of para-hydroxylation sites is 2. The lowest BCUT2D eigenvalue weighted by molar-refractivity contribution is 0.0629. The molecule has 1 aromatic carbocycles. The van der Waals surface area contributed by atoms with E-state index in [0.717, 1.165) is 30.7 Å². The molecule has 0 spiro atoms. The maximum Gasteiger partial charge on any atom is 0.277 e. The second kappa shape index (κ2) is 8.97. The van der Waals surface area contributed by atoms with Crippen LogP contribution in [0.5, 0.6) is 0 Å². The number of fused-ring (bicyclic) bond motifs is 3. The molecule has 8 heteroatoms. The Bertz CT molecular complexity index is 1100. The average Bonchev–Trinajstić information content (AvgIpc) is 3.23. The highest BCUT2D eigenvalue weighted by Crippen LogP contribution is 2.16. The third-order valence-corrected chi connectivity index (χ3v) is 5.80. The topological polar surface area (TPSA) is 72.1 Å². The first-order valence-electron chi connectivity index (χ1n) is 10.7. The highest BCUT2D eigenvalue weighted by molar-refractivity contribution is 5.94. The molecular weight excluding hydrogens is 382 g/mol. The Kier molecular flexibility index (Phi) is 6.15. The van der Waals surface area contributed by atoms with Gasteiger partial charge >= 0.3 is 0 Å². The van der Waals surface area contributed by atoms with Gasteiger partial charge in [0.25, 0.3) is 11.5 Å². The molecule has 1 saturated heterocycles. The molecule has 3 aromatic rings. The first kappa shape index (κ1) is 20.6. The van der Waals surface area contributed by atoms with Crippen molar-refractivity contribution in [3.63, 3.8) is 0 Å². The molecule has 1 fully saturated rings. The fraction of sp³-hybridized carbons (Fsp3) is 0.500. The Morgan fingerprint density at radius 1 is 1.07 bits per heavy atom. The Labute approximate surface area is 175 Å². The lowest BCUT2D eigenvalue weighted by Crippen LogP contribution is -2.48. The Balaban J connectivity index is 1.65. The lowest BCUT2D eigenvalue weighted by atomic mass is 10.2. The normalized spacial score (nSPS) is 15.3. The summed E-state index contributed by atoms with van der Waals surface area (Å²) in [6.07, 6.45) is 2.36. The van der Waals surface area contributed by atoms with Crippen LogP contribution in [-0.4, -0.2) is 76.3 Å². The first-order valence-corrected chi connectivity index (χ1v) is 10.7. The quantitative estimate of drug-likeness (QED) is 0.593. The highest BCUT2D eigenvalue weighted by atomic mass is 16.5. The minimum atomic E-state index is -0.165. The number of carbonyl (C=O) groups is 1. The van der Waals surface area contributed by atoms with Gasteiger partial charge in [-0.25, -0.2) is 4.52 Å². The van der Waals surface area contributed by atoms with E-state index in [0.29, 0.717) is 37.5 Å². The van der Waals surface area contributed by atoms with Crippen molar-refractivity contribution in [2.75, 3.05) is 46.4 Å². The molecule has 0 saturated carbocycles. The van der Waals surface area contributed by atoms with Gasteiger partial charge in [0.05, 0.1) is 17.6 Å². The van der Waals surface area contributed by atoms with Crippen LogP contribution in [-0.2, 0) is 11.3 Å². The number of unbranched alkanes of at least 4 members (excludes halogenated alkanes) is 1. The fourth-order valence-electron chi connectivity index (χ4n) is 4.06. The number of piperazine rings is 1. The summed E-state index contributed by atoms with van der Waals surface area (Å²) in [5.41, 5.74) is 2.14. The minimum Gasteiger partial charge on any atom is -0.383 e. The number of rotatable bonds is 7. The van der Waals surface area contributed by atoms with Crippen LogP contribution in [0.15, 0.2) is 35.1 Å². The van der Waals surface area contributed by atoms with Gasteiger partial charge in [0.1, 0.15) is 5.52 Å². The molecule has 0 atom stereocenters. The number of carbonyl (C=O) groups excluding carboxylic acids is 1.